The van der Waals surface area contributed by atoms with Crippen molar-refractivity contribution >= 4 is 21.8 Å². The molecule has 1 aromatic rings. The minimum Gasteiger partial charge on any atom is -0.333 e. The molecule has 1 unspecified atom stereocenters. The van der Waals surface area contributed by atoms with Gasteiger partial charge in [0.2, 0.25) is 0 Å². The predicted octanol–water partition coefficient (Wildman–Crippen LogP) is 2.36. The Labute approximate surface area is 115 Å². The maximum absolute atomic E-state index is 13.7. The number of piperazine rings is 1. The first-order valence-electron chi connectivity index (χ1n) is 5.93. The molecule has 0 aromatic heterocycles. The summed E-state index contributed by atoms with van der Waals surface area (Å²) in [5, 5.41) is 0. The minimum absolute atomic E-state index is 0.106. The van der Waals surface area contributed by atoms with Crippen molar-refractivity contribution in [2.45, 2.75) is 13.0 Å². The number of hydrogen-bond acceptors (Lipinski definition) is 2. The van der Waals surface area contributed by atoms with Gasteiger partial charge in [-0.25, -0.2) is 4.39 Å². The molecule has 0 spiro atoms. The van der Waals surface area contributed by atoms with Crippen molar-refractivity contribution in [1.82, 2.24) is 9.80 Å². The van der Waals surface area contributed by atoms with Crippen molar-refractivity contribution in [3.05, 3.63) is 34.1 Å². The van der Waals surface area contributed by atoms with Gasteiger partial charge in [0.25, 0.3) is 5.91 Å². The molecule has 0 radical (unpaired) electrons. The molecule has 1 amide bonds. The molecule has 2 rings (SSSR count). The Morgan fingerprint density at radius 3 is 2.83 bits per heavy atom. The lowest BCUT2D eigenvalue weighted by Crippen LogP contribution is -2.52. The number of carbonyl (C=O) groups excluding carboxylic acids is 1. The first-order chi connectivity index (χ1) is 8.49. The van der Waals surface area contributed by atoms with E-state index in [1.807, 2.05) is 14.0 Å². The lowest BCUT2D eigenvalue weighted by Gasteiger charge is -2.38. The van der Waals surface area contributed by atoms with E-state index < -0.39 is 5.82 Å². The number of hydrogen-bond donors (Lipinski definition) is 0. The third kappa shape index (κ3) is 2.72. The van der Waals surface area contributed by atoms with Crippen molar-refractivity contribution in [3.8, 4) is 0 Å². The Hall–Kier alpha value is -0.940. The highest BCUT2D eigenvalue weighted by Crippen LogP contribution is 2.19. The number of benzene rings is 1. The molecule has 1 saturated heterocycles. The van der Waals surface area contributed by atoms with Crippen molar-refractivity contribution < 1.29 is 9.18 Å². The molecule has 1 fully saturated rings. The molecule has 0 N–H and O–H groups in total. The fraction of sp³-hybridized carbons (Fsp3) is 0.462. The molecular weight excluding hydrogens is 299 g/mol. The van der Waals surface area contributed by atoms with Gasteiger partial charge in [-0.05, 0) is 32.2 Å². The summed E-state index contributed by atoms with van der Waals surface area (Å²) in [4.78, 5) is 16.2. The smallest absolute Gasteiger partial charge is 0.257 e. The van der Waals surface area contributed by atoms with Gasteiger partial charge in [-0.2, -0.15) is 0 Å². The van der Waals surface area contributed by atoms with Crippen LogP contribution < -0.4 is 0 Å². The molecule has 3 nitrogen and oxygen atoms in total. The van der Waals surface area contributed by atoms with E-state index in [4.69, 9.17) is 0 Å². The average Bonchev–Trinajstić information content (AvgIpc) is 2.31. The average molecular weight is 315 g/mol. The number of likely N-dealkylation sites (N-methyl/N-ethyl adjacent to an activating group) is 1. The van der Waals surface area contributed by atoms with Crippen LogP contribution >= 0.6 is 15.9 Å². The second-order valence-electron chi connectivity index (χ2n) is 4.73. The van der Waals surface area contributed by atoms with E-state index in [-0.39, 0.29) is 17.5 Å². The van der Waals surface area contributed by atoms with Crippen molar-refractivity contribution in [2.75, 3.05) is 26.7 Å². The zero-order valence-electron chi connectivity index (χ0n) is 10.5. The zero-order valence-corrected chi connectivity index (χ0v) is 12.1. The summed E-state index contributed by atoms with van der Waals surface area (Å²) in [5.74, 6) is -0.691. The summed E-state index contributed by atoms with van der Waals surface area (Å²) in [7, 11) is 2.03. The monoisotopic (exact) mass is 314 g/mol. The highest BCUT2D eigenvalue weighted by molar-refractivity contribution is 9.10. The van der Waals surface area contributed by atoms with Crippen molar-refractivity contribution in [2.24, 2.45) is 0 Å². The van der Waals surface area contributed by atoms with Gasteiger partial charge in [-0.15, -0.1) is 0 Å². The van der Waals surface area contributed by atoms with Crippen LogP contribution in [0.2, 0.25) is 0 Å². The van der Waals surface area contributed by atoms with Crippen LogP contribution in [0, 0.1) is 5.82 Å². The van der Waals surface area contributed by atoms with Gasteiger partial charge in [-0.1, -0.05) is 15.9 Å². The summed E-state index contributed by atoms with van der Waals surface area (Å²) in [6, 6.07) is 4.56. The first kappa shape index (κ1) is 13.5. The number of amides is 1. The summed E-state index contributed by atoms with van der Waals surface area (Å²) in [5.41, 5.74) is 0.140. The zero-order chi connectivity index (χ0) is 13.3. The predicted molar refractivity (Wildman–Crippen MR) is 72.1 cm³/mol. The molecule has 1 atom stereocenters. The second kappa shape index (κ2) is 5.36. The fourth-order valence-electron chi connectivity index (χ4n) is 2.26. The third-order valence-electron chi connectivity index (χ3n) is 3.25. The number of rotatable bonds is 1. The van der Waals surface area contributed by atoms with Gasteiger partial charge in [0, 0.05) is 30.1 Å². The highest BCUT2D eigenvalue weighted by atomic mass is 79.9. The molecule has 0 saturated carbocycles. The van der Waals surface area contributed by atoms with Crippen LogP contribution in [-0.2, 0) is 0 Å². The highest BCUT2D eigenvalue weighted by Gasteiger charge is 2.28. The lowest BCUT2D eigenvalue weighted by molar-refractivity contribution is 0.0529. The van der Waals surface area contributed by atoms with E-state index >= 15 is 0 Å². The van der Waals surface area contributed by atoms with Gasteiger partial charge >= 0.3 is 0 Å². The minimum atomic E-state index is -0.464. The van der Waals surface area contributed by atoms with Crippen LogP contribution in [-0.4, -0.2) is 48.4 Å². The molecular formula is C13H16BrFN2O. The molecule has 0 bridgehead atoms. The molecule has 0 aliphatic carbocycles. The maximum atomic E-state index is 13.7. The van der Waals surface area contributed by atoms with Crippen LogP contribution in [0.25, 0.3) is 0 Å². The van der Waals surface area contributed by atoms with Crippen LogP contribution in [0.15, 0.2) is 22.7 Å². The fourth-order valence-corrected chi connectivity index (χ4v) is 2.62. The van der Waals surface area contributed by atoms with Crippen LogP contribution in [0.3, 0.4) is 0 Å². The van der Waals surface area contributed by atoms with E-state index in [1.165, 1.54) is 6.07 Å². The maximum Gasteiger partial charge on any atom is 0.257 e. The molecule has 1 aromatic carbocycles. The molecule has 18 heavy (non-hydrogen) atoms. The van der Waals surface area contributed by atoms with Gasteiger partial charge in [0.15, 0.2) is 0 Å². The van der Waals surface area contributed by atoms with E-state index in [0.717, 1.165) is 13.1 Å². The molecule has 5 heteroatoms. The van der Waals surface area contributed by atoms with Crippen molar-refractivity contribution in [1.29, 1.82) is 0 Å². The Bertz CT molecular complexity index is 466. The normalized spacial score (nSPS) is 21.1. The number of carbonyl (C=O) groups is 1. The van der Waals surface area contributed by atoms with E-state index in [0.29, 0.717) is 11.0 Å². The van der Waals surface area contributed by atoms with Crippen LogP contribution in [0.4, 0.5) is 4.39 Å². The van der Waals surface area contributed by atoms with Gasteiger partial charge in [0.05, 0.1) is 5.56 Å². The van der Waals surface area contributed by atoms with E-state index in [9.17, 15) is 9.18 Å². The number of nitrogens with zero attached hydrogens (tertiary/aromatic N) is 2. The largest absolute Gasteiger partial charge is 0.333 e. The molecule has 1 heterocycles. The molecule has 1 aliphatic rings. The number of halogens is 2. The summed E-state index contributed by atoms with van der Waals surface area (Å²) >= 11 is 3.27. The summed E-state index contributed by atoms with van der Waals surface area (Å²) in [6.07, 6.45) is 0. The van der Waals surface area contributed by atoms with Crippen LogP contribution in [0.5, 0.6) is 0 Å². The van der Waals surface area contributed by atoms with Crippen molar-refractivity contribution in [3.63, 3.8) is 0 Å². The SMILES string of the molecule is CC1CN(C)CCN1C(=O)c1cc(Br)ccc1F. The summed E-state index contributed by atoms with van der Waals surface area (Å²) in [6.45, 7) is 4.28. The lowest BCUT2D eigenvalue weighted by atomic mass is 10.1. The van der Waals surface area contributed by atoms with E-state index in [1.54, 1.807) is 17.0 Å². The van der Waals surface area contributed by atoms with Gasteiger partial charge < -0.3 is 9.80 Å². The van der Waals surface area contributed by atoms with Gasteiger partial charge in [0.1, 0.15) is 5.82 Å². The first-order valence-corrected chi connectivity index (χ1v) is 6.73. The standard InChI is InChI=1S/C13H16BrFN2O/c1-9-8-16(2)5-6-17(9)13(18)11-7-10(14)3-4-12(11)15/h3-4,7,9H,5-6,8H2,1-2H3. The Balaban J connectivity index is 2.23. The Morgan fingerprint density at radius 1 is 1.44 bits per heavy atom. The molecule has 98 valence electrons. The molecule has 1 aliphatic heterocycles. The Kier molecular flexibility index (Phi) is 4.02. The second-order valence-corrected chi connectivity index (χ2v) is 5.65. The Morgan fingerprint density at radius 2 is 2.17 bits per heavy atom. The van der Waals surface area contributed by atoms with Gasteiger partial charge in [-0.3, -0.25) is 4.79 Å². The topological polar surface area (TPSA) is 23.6 Å². The van der Waals surface area contributed by atoms with E-state index in [2.05, 4.69) is 20.8 Å². The third-order valence-corrected chi connectivity index (χ3v) is 3.74. The van der Waals surface area contributed by atoms with Crippen LogP contribution in [0.1, 0.15) is 17.3 Å². The summed E-state index contributed by atoms with van der Waals surface area (Å²) < 4.78 is 14.4. The quantitative estimate of drug-likeness (QED) is 0.794.